The maximum atomic E-state index is 5.90. The molecule has 0 saturated carbocycles. The van der Waals surface area contributed by atoms with Crippen LogP contribution in [0.1, 0.15) is 24.0 Å². The van der Waals surface area contributed by atoms with Crippen molar-refractivity contribution in [3.05, 3.63) is 54.3 Å². The van der Waals surface area contributed by atoms with Gasteiger partial charge in [-0.2, -0.15) is 0 Å². The Morgan fingerprint density at radius 2 is 2.08 bits per heavy atom. The number of rotatable bonds is 5. The van der Waals surface area contributed by atoms with E-state index in [4.69, 9.17) is 13.6 Å². The minimum atomic E-state index is 0.277. The van der Waals surface area contributed by atoms with Gasteiger partial charge in [0.05, 0.1) is 25.8 Å². The highest BCUT2D eigenvalue weighted by Gasteiger charge is 2.28. The highest BCUT2D eigenvalue weighted by atomic mass is 16.5. The van der Waals surface area contributed by atoms with Crippen molar-refractivity contribution in [1.29, 1.82) is 0 Å². The minimum Gasteiger partial charge on any atom is -0.497 e. The number of likely N-dealkylation sites (tertiary alicyclic amines) is 1. The van der Waals surface area contributed by atoms with Gasteiger partial charge in [0.15, 0.2) is 0 Å². The number of benzene rings is 1. The molecule has 0 radical (unpaired) electrons. The molecular formula is C18H19N3O3. The molecule has 3 heterocycles. The Bertz CT molecular complexity index is 780. The van der Waals surface area contributed by atoms with Crippen LogP contribution in [-0.2, 0) is 6.54 Å². The molecule has 0 unspecified atom stereocenters. The fourth-order valence-corrected chi connectivity index (χ4v) is 3.05. The summed E-state index contributed by atoms with van der Waals surface area (Å²) in [7, 11) is 1.65. The molecule has 1 fully saturated rings. The molecule has 6 nitrogen and oxygen atoms in total. The van der Waals surface area contributed by atoms with E-state index < -0.39 is 0 Å². The molecule has 0 bridgehead atoms. The minimum absolute atomic E-state index is 0.277. The van der Waals surface area contributed by atoms with E-state index in [-0.39, 0.29) is 5.92 Å². The Kier molecular flexibility index (Phi) is 4.04. The second kappa shape index (κ2) is 6.49. The van der Waals surface area contributed by atoms with Crippen LogP contribution < -0.4 is 4.74 Å². The number of nitrogens with zero attached hydrogens (tertiary/aromatic N) is 3. The van der Waals surface area contributed by atoms with Gasteiger partial charge < -0.3 is 13.6 Å². The Morgan fingerprint density at radius 1 is 1.21 bits per heavy atom. The van der Waals surface area contributed by atoms with Gasteiger partial charge in [-0.25, -0.2) is 0 Å². The third-order valence-corrected chi connectivity index (χ3v) is 4.36. The van der Waals surface area contributed by atoms with Gasteiger partial charge in [-0.1, -0.05) is 0 Å². The summed E-state index contributed by atoms with van der Waals surface area (Å²) >= 11 is 0. The molecule has 24 heavy (non-hydrogen) atoms. The van der Waals surface area contributed by atoms with E-state index in [1.54, 1.807) is 13.4 Å². The molecule has 1 saturated heterocycles. The highest BCUT2D eigenvalue weighted by molar-refractivity contribution is 5.54. The van der Waals surface area contributed by atoms with Crippen molar-refractivity contribution >= 4 is 0 Å². The Morgan fingerprint density at radius 3 is 2.83 bits per heavy atom. The molecule has 2 aromatic heterocycles. The fourth-order valence-electron chi connectivity index (χ4n) is 3.05. The molecule has 1 atom stereocenters. The van der Waals surface area contributed by atoms with E-state index in [0.29, 0.717) is 11.8 Å². The number of furan rings is 1. The van der Waals surface area contributed by atoms with Crippen LogP contribution in [0.25, 0.3) is 11.5 Å². The van der Waals surface area contributed by atoms with Gasteiger partial charge in [0.2, 0.25) is 11.8 Å². The average molecular weight is 325 g/mol. The van der Waals surface area contributed by atoms with Crippen LogP contribution in [0, 0.1) is 0 Å². The average Bonchev–Trinajstić information content (AvgIpc) is 3.37. The first-order valence-corrected chi connectivity index (χ1v) is 8.04. The number of hydrogen-bond donors (Lipinski definition) is 0. The summed E-state index contributed by atoms with van der Waals surface area (Å²) < 4.78 is 16.5. The predicted octanol–water partition coefficient (Wildman–Crippen LogP) is 3.33. The van der Waals surface area contributed by atoms with Crippen molar-refractivity contribution in [3.63, 3.8) is 0 Å². The third kappa shape index (κ3) is 3.05. The van der Waals surface area contributed by atoms with Crippen molar-refractivity contribution in [3.8, 4) is 17.2 Å². The van der Waals surface area contributed by atoms with Gasteiger partial charge in [-0.05, 0) is 49.4 Å². The van der Waals surface area contributed by atoms with E-state index >= 15 is 0 Å². The smallest absolute Gasteiger partial charge is 0.247 e. The van der Waals surface area contributed by atoms with Crippen molar-refractivity contribution in [2.24, 2.45) is 0 Å². The van der Waals surface area contributed by atoms with Crippen LogP contribution in [-0.4, -0.2) is 35.3 Å². The summed E-state index contributed by atoms with van der Waals surface area (Å²) in [6.45, 7) is 2.74. The van der Waals surface area contributed by atoms with Gasteiger partial charge in [0.1, 0.15) is 11.5 Å². The van der Waals surface area contributed by atoms with Gasteiger partial charge >= 0.3 is 0 Å². The maximum Gasteiger partial charge on any atom is 0.247 e. The van der Waals surface area contributed by atoms with E-state index in [9.17, 15) is 0 Å². The van der Waals surface area contributed by atoms with Crippen LogP contribution >= 0.6 is 0 Å². The Hall–Kier alpha value is -2.60. The summed E-state index contributed by atoms with van der Waals surface area (Å²) in [6, 6.07) is 11.5. The van der Waals surface area contributed by atoms with Crippen LogP contribution in [0.2, 0.25) is 0 Å². The molecule has 0 spiro atoms. The second-order valence-corrected chi connectivity index (χ2v) is 5.97. The molecule has 1 aromatic carbocycles. The number of aromatic nitrogens is 2. The zero-order valence-corrected chi connectivity index (χ0v) is 13.5. The lowest BCUT2D eigenvalue weighted by Gasteiger charge is -2.12. The lowest BCUT2D eigenvalue weighted by atomic mass is 10.1. The molecule has 0 amide bonds. The summed E-state index contributed by atoms with van der Waals surface area (Å²) in [6.07, 6.45) is 2.73. The summed E-state index contributed by atoms with van der Waals surface area (Å²) in [5.74, 6) is 3.34. The standard InChI is InChI=1S/C18H19N3O3/c1-22-15-6-4-13(5-7-15)17-19-20-18(24-17)14-8-9-21(11-14)12-16-3-2-10-23-16/h2-7,10,14H,8-9,11-12H2,1H3/t14-/m0/s1. The summed E-state index contributed by atoms with van der Waals surface area (Å²) in [5, 5.41) is 8.44. The van der Waals surface area contributed by atoms with Gasteiger partial charge in [-0.15, -0.1) is 10.2 Å². The van der Waals surface area contributed by atoms with Gasteiger partial charge in [-0.3, -0.25) is 4.90 Å². The lowest BCUT2D eigenvalue weighted by Crippen LogP contribution is -2.19. The van der Waals surface area contributed by atoms with Crippen LogP contribution in [0.3, 0.4) is 0 Å². The SMILES string of the molecule is COc1ccc(-c2nnc([C@H]3CCN(Cc4ccco4)C3)o2)cc1. The zero-order valence-electron chi connectivity index (χ0n) is 13.5. The van der Waals surface area contributed by atoms with Crippen molar-refractivity contribution in [2.75, 3.05) is 20.2 Å². The second-order valence-electron chi connectivity index (χ2n) is 5.97. The fraction of sp³-hybridized carbons (Fsp3) is 0.333. The topological polar surface area (TPSA) is 64.5 Å². The maximum absolute atomic E-state index is 5.90. The Balaban J connectivity index is 1.43. The molecular weight excluding hydrogens is 306 g/mol. The number of hydrogen-bond acceptors (Lipinski definition) is 6. The lowest BCUT2D eigenvalue weighted by molar-refractivity contribution is 0.290. The molecule has 4 rings (SSSR count). The first-order valence-electron chi connectivity index (χ1n) is 8.04. The number of methoxy groups -OCH3 is 1. The normalized spacial score (nSPS) is 18.1. The molecule has 3 aromatic rings. The first-order chi connectivity index (χ1) is 11.8. The zero-order chi connectivity index (χ0) is 16.4. The van der Waals surface area contributed by atoms with E-state index in [0.717, 1.165) is 43.1 Å². The molecule has 0 N–H and O–H groups in total. The van der Waals surface area contributed by atoms with Gasteiger partial charge in [0.25, 0.3) is 0 Å². The van der Waals surface area contributed by atoms with E-state index in [1.807, 2.05) is 36.4 Å². The largest absolute Gasteiger partial charge is 0.497 e. The van der Waals surface area contributed by atoms with Crippen LogP contribution in [0.5, 0.6) is 5.75 Å². The third-order valence-electron chi connectivity index (χ3n) is 4.36. The van der Waals surface area contributed by atoms with Crippen LogP contribution in [0.15, 0.2) is 51.5 Å². The Labute approximate surface area is 140 Å². The molecule has 1 aliphatic rings. The van der Waals surface area contributed by atoms with E-state index in [2.05, 4.69) is 15.1 Å². The quantitative estimate of drug-likeness (QED) is 0.717. The molecule has 6 heteroatoms. The van der Waals surface area contributed by atoms with Crippen molar-refractivity contribution in [1.82, 2.24) is 15.1 Å². The van der Waals surface area contributed by atoms with E-state index in [1.165, 1.54) is 0 Å². The molecule has 1 aliphatic heterocycles. The summed E-state index contributed by atoms with van der Waals surface area (Å²) in [4.78, 5) is 2.35. The van der Waals surface area contributed by atoms with Crippen molar-refractivity contribution < 1.29 is 13.6 Å². The van der Waals surface area contributed by atoms with Gasteiger partial charge in [0, 0.05) is 12.1 Å². The monoisotopic (exact) mass is 325 g/mol. The van der Waals surface area contributed by atoms with Crippen LogP contribution in [0.4, 0.5) is 0 Å². The first kappa shape index (κ1) is 15.0. The molecule has 124 valence electrons. The number of ether oxygens (including phenoxy) is 1. The highest BCUT2D eigenvalue weighted by Crippen LogP contribution is 2.30. The summed E-state index contributed by atoms with van der Waals surface area (Å²) in [5.41, 5.74) is 0.903. The molecule has 0 aliphatic carbocycles. The predicted molar refractivity (Wildman–Crippen MR) is 87.6 cm³/mol. The van der Waals surface area contributed by atoms with Crippen molar-refractivity contribution in [2.45, 2.75) is 18.9 Å².